The molecule has 0 saturated heterocycles. The number of hydrogen-bond acceptors (Lipinski definition) is 4. The van der Waals surface area contributed by atoms with Crippen LogP contribution in [0.5, 0.6) is 0 Å². The Hall–Kier alpha value is -1.58. The van der Waals surface area contributed by atoms with E-state index in [1.54, 1.807) is 0 Å². The summed E-state index contributed by atoms with van der Waals surface area (Å²) in [6.07, 6.45) is 6.38. The van der Waals surface area contributed by atoms with Crippen LogP contribution < -0.4 is 5.63 Å². The van der Waals surface area contributed by atoms with Crippen LogP contribution in [-0.4, -0.2) is 4.98 Å². The molecule has 4 heteroatoms. The van der Waals surface area contributed by atoms with E-state index in [-0.39, 0.29) is 5.63 Å². The summed E-state index contributed by atoms with van der Waals surface area (Å²) in [7, 11) is 0. The molecule has 3 rings (SSSR count). The summed E-state index contributed by atoms with van der Waals surface area (Å²) >= 11 is 0. The highest BCUT2D eigenvalue weighted by Gasteiger charge is 2.20. The van der Waals surface area contributed by atoms with Gasteiger partial charge in [0.05, 0.1) is 0 Å². The highest BCUT2D eigenvalue weighted by atomic mass is 16.4. The fraction of sp³-hybridized carbons (Fsp3) is 0.455. The SMILES string of the molecule is O=c1ocnc2oc3c(c12)CCCCC3. The molecule has 15 heavy (non-hydrogen) atoms. The van der Waals surface area contributed by atoms with E-state index in [2.05, 4.69) is 4.98 Å². The Morgan fingerprint density at radius 1 is 1.20 bits per heavy atom. The van der Waals surface area contributed by atoms with Gasteiger partial charge in [0.25, 0.3) is 0 Å². The average Bonchev–Trinajstić information content (AvgIpc) is 2.43. The molecule has 0 spiro atoms. The van der Waals surface area contributed by atoms with Gasteiger partial charge in [0.1, 0.15) is 11.1 Å². The fourth-order valence-corrected chi connectivity index (χ4v) is 2.21. The summed E-state index contributed by atoms with van der Waals surface area (Å²) in [6, 6.07) is 0. The molecule has 1 aliphatic rings. The Kier molecular flexibility index (Phi) is 1.87. The number of nitrogens with zero attached hydrogens (tertiary/aromatic N) is 1. The number of aromatic nitrogens is 1. The van der Waals surface area contributed by atoms with Crippen molar-refractivity contribution >= 4 is 11.1 Å². The lowest BCUT2D eigenvalue weighted by Gasteiger charge is -1.93. The first-order valence-corrected chi connectivity index (χ1v) is 5.24. The minimum Gasteiger partial charge on any atom is -0.442 e. The Morgan fingerprint density at radius 3 is 3.00 bits per heavy atom. The van der Waals surface area contributed by atoms with Crippen molar-refractivity contribution in [3.63, 3.8) is 0 Å². The summed E-state index contributed by atoms with van der Waals surface area (Å²) < 4.78 is 10.4. The molecule has 0 unspecified atom stereocenters. The maximum absolute atomic E-state index is 11.6. The lowest BCUT2D eigenvalue weighted by molar-refractivity contribution is 0.484. The molecule has 0 radical (unpaired) electrons. The van der Waals surface area contributed by atoms with Gasteiger partial charge in [-0.1, -0.05) is 6.42 Å². The van der Waals surface area contributed by atoms with Crippen LogP contribution in [0.2, 0.25) is 0 Å². The molecule has 0 atom stereocenters. The van der Waals surface area contributed by atoms with Crippen LogP contribution in [0, 0.1) is 0 Å². The van der Waals surface area contributed by atoms with Crippen LogP contribution in [0.4, 0.5) is 0 Å². The van der Waals surface area contributed by atoms with Crippen LogP contribution in [0.25, 0.3) is 11.1 Å². The molecule has 0 bridgehead atoms. The number of aryl methyl sites for hydroxylation is 2. The molecule has 0 aliphatic heterocycles. The summed E-state index contributed by atoms with van der Waals surface area (Å²) in [5.41, 5.74) is 1.12. The predicted molar refractivity (Wildman–Crippen MR) is 53.8 cm³/mol. The fourth-order valence-electron chi connectivity index (χ4n) is 2.21. The molecule has 2 heterocycles. The van der Waals surface area contributed by atoms with Gasteiger partial charge in [-0.25, -0.2) is 4.79 Å². The minimum atomic E-state index is -0.327. The molecule has 0 amide bonds. The summed E-state index contributed by atoms with van der Waals surface area (Å²) in [5, 5.41) is 0.550. The zero-order chi connectivity index (χ0) is 10.3. The van der Waals surface area contributed by atoms with Gasteiger partial charge in [-0.05, 0) is 19.3 Å². The van der Waals surface area contributed by atoms with Crippen molar-refractivity contribution < 1.29 is 8.83 Å². The highest BCUT2D eigenvalue weighted by Crippen LogP contribution is 2.27. The van der Waals surface area contributed by atoms with Crippen molar-refractivity contribution in [2.45, 2.75) is 32.1 Å². The second kappa shape index (κ2) is 3.22. The zero-order valence-electron chi connectivity index (χ0n) is 8.28. The molecular weight excluding hydrogens is 194 g/mol. The smallest absolute Gasteiger partial charge is 0.350 e. The largest absolute Gasteiger partial charge is 0.442 e. The van der Waals surface area contributed by atoms with Crippen LogP contribution >= 0.6 is 0 Å². The second-order valence-corrected chi connectivity index (χ2v) is 3.88. The monoisotopic (exact) mass is 205 g/mol. The van der Waals surface area contributed by atoms with E-state index in [1.807, 2.05) is 0 Å². The van der Waals surface area contributed by atoms with Crippen LogP contribution in [0.3, 0.4) is 0 Å². The van der Waals surface area contributed by atoms with Gasteiger partial charge in [0, 0.05) is 12.0 Å². The van der Waals surface area contributed by atoms with E-state index in [9.17, 15) is 4.79 Å². The van der Waals surface area contributed by atoms with Crippen LogP contribution in [-0.2, 0) is 12.8 Å². The quantitative estimate of drug-likeness (QED) is 0.617. The normalized spacial score (nSPS) is 16.3. The van der Waals surface area contributed by atoms with E-state index in [4.69, 9.17) is 8.83 Å². The van der Waals surface area contributed by atoms with Gasteiger partial charge in [0.15, 0.2) is 6.39 Å². The molecule has 0 saturated carbocycles. The number of hydrogen-bond donors (Lipinski definition) is 0. The molecular formula is C11H11NO3. The molecule has 2 aromatic heterocycles. The lowest BCUT2D eigenvalue weighted by atomic mass is 10.1. The van der Waals surface area contributed by atoms with E-state index >= 15 is 0 Å². The highest BCUT2D eigenvalue weighted by molar-refractivity contribution is 5.77. The number of rotatable bonds is 0. The van der Waals surface area contributed by atoms with Crippen LogP contribution in [0.15, 0.2) is 20.0 Å². The van der Waals surface area contributed by atoms with Gasteiger partial charge in [-0.15, -0.1) is 0 Å². The molecule has 2 aromatic rings. The van der Waals surface area contributed by atoms with E-state index in [1.165, 1.54) is 6.42 Å². The van der Waals surface area contributed by atoms with Gasteiger partial charge < -0.3 is 8.83 Å². The molecule has 4 nitrogen and oxygen atoms in total. The van der Waals surface area contributed by atoms with Gasteiger partial charge in [0.2, 0.25) is 5.71 Å². The van der Waals surface area contributed by atoms with Crippen molar-refractivity contribution in [2.24, 2.45) is 0 Å². The first-order valence-electron chi connectivity index (χ1n) is 5.24. The zero-order valence-corrected chi connectivity index (χ0v) is 8.28. The summed E-state index contributed by atoms with van der Waals surface area (Å²) in [5.74, 6) is 0.925. The van der Waals surface area contributed by atoms with Gasteiger partial charge >= 0.3 is 5.63 Å². The van der Waals surface area contributed by atoms with Crippen molar-refractivity contribution in [2.75, 3.05) is 0 Å². The number of fused-ring (bicyclic) bond motifs is 3. The third-order valence-electron chi connectivity index (χ3n) is 2.94. The number of furan rings is 1. The standard InChI is InChI=1S/C11H11NO3/c13-11-9-7-4-2-1-3-5-8(7)15-10(9)12-6-14-11/h6H,1-5H2. The maximum atomic E-state index is 11.6. The summed E-state index contributed by atoms with van der Waals surface area (Å²) in [4.78, 5) is 15.5. The van der Waals surface area contributed by atoms with Crippen LogP contribution in [0.1, 0.15) is 30.6 Å². The molecule has 0 aromatic carbocycles. The third kappa shape index (κ3) is 1.28. The summed E-state index contributed by atoms with van der Waals surface area (Å²) in [6.45, 7) is 0. The second-order valence-electron chi connectivity index (χ2n) is 3.88. The van der Waals surface area contributed by atoms with Gasteiger partial charge in [-0.3, -0.25) is 0 Å². The molecule has 0 fully saturated rings. The molecule has 1 aliphatic carbocycles. The lowest BCUT2D eigenvalue weighted by Crippen LogP contribution is -2.01. The van der Waals surface area contributed by atoms with Gasteiger partial charge in [-0.2, -0.15) is 4.98 Å². The van der Waals surface area contributed by atoms with Crippen molar-refractivity contribution in [1.82, 2.24) is 4.98 Å². The Bertz CT molecular complexity index is 552. The molecule has 78 valence electrons. The van der Waals surface area contributed by atoms with E-state index in [0.29, 0.717) is 11.1 Å². The van der Waals surface area contributed by atoms with E-state index in [0.717, 1.165) is 43.4 Å². The first kappa shape index (κ1) is 8.71. The first-order chi connectivity index (χ1) is 7.36. The van der Waals surface area contributed by atoms with Crippen molar-refractivity contribution in [3.05, 3.63) is 28.1 Å². The molecule has 0 N–H and O–H groups in total. The van der Waals surface area contributed by atoms with E-state index < -0.39 is 0 Å². The Morgan fingerprint density at radius 2 is 2.07 bits per heavy atom. The topological polar surface area (TPSA) is 56.2 Å². The Balaban J connectivity index is 2.34. The van der Waals surface area contributed by atoms with Crippen molar-refractivity contribution in [1.29, 1.82) is 0 Å². The van der Waals surface area contributed by atoms with Crippen molar-refractivity contribution in [3.8, 4) is 0 Å². The third-order valence-corrected chi connectivity index (χ3v) is 2.94. The average molecular weight is 205 g/mol. The predicted octanol–water partition coefficient (Wildman–Crippen LogP) is 2.05. The maximum Gasteiger partial charge on any atom is 0.350 e. The Labute approximate surface area is 85.9 Å². The minimum absolute atomic E-state index is 0.327.